The van der Waals surface area contributed by atoms with E-state index in [0.717, 1.165) is 34.6 Å². The van der Waals surface area contributed by atoms with Crippen molar-refractivity contribution in [3.05, 3.63) is 40.5 Å². The van der Waals surface area contributed by atoms with Crippen LogP contribution >= 0.6 is 0 Å². The summed E-state index contributed by atoms with van der Waals surface area (Å²) in [5.74, 6) is -0.0658. The lowest BCUT2D eigenvalue weighted by atomic mass is 9.97. The number of carbonyl (C=O) groups is 2. The number of benzene rings is 1. The highest BCUT2D eigenvalue weighted by Crippen LogP contribution is 2.21. The number of likely N-dealkylation sites (N-methyl/N-ethyl adjacent to an activating group) is 1. The SMILES string of the molecule is Cc1cc(C)c(NC(=O)C[NH+](C)[C@@H](C)C(=O)NCCC2=CCCCC2)c(C)c1. The van der Waals surface area contributed by atoms with Crippen LogP contribution < -0.4 is 15.5 Å². The Labute approximate surface area is 169 Å². The molecule has 5 heteroatoms. The third kappa shape index (κ3) is 6.48. The van der Waals surface area contributed by atoms with Crippen LogP contribution in [0.5, 0.6) is 0 Å². The smallest absolute Gasteiger partial charge is 0.279 e. The Bertz CT molecular complexity index is 716. The van der Waals surface area contributed by atoms with Gasteiger partial charge in [0.15, 0.2) is 12.6 Å². The number of amides is 2. The molecular formula is C23H36N3O2+. The van der Waals surface area contributed by atoms with Crippen molar-refractivity contribution < 1.29 is 14.5 Å². The van der Waals surface area contributed by atoms with Crippen molar-refractivity contribution in [1.82, 2.24) is 5.32 Å². The minimum Gasteiger partial charge on any atom is -0.351 e. The monoisotopic (exact) mass is 386 g/mol. The minimum atomic E-state index is -0.272. The lowest BCUT2D eigenvalue weighted by molar-refractivity contribution is -0.885. The summed E-state index contributed by atoms with van der Waals surface area (Å²) in [6.45, 7) is 8.87. The highest BCUT2D eigenvalue weighted by atomic mass is 16.2. The van der Waals surface area contributed by atoms with Gasteiger partial charge in [0.25, 0.3) is 11.8 Å². The summed E-state index contributed by atoms with van der Waals surface area (Å²) >= 11 is 0. The highest BCUT2D eigenvalue weighted by molar-refractivity contribution is 5.93. The van der Waals surface area contributed by atoms with Crippen LogP contribution in [0.3, 0.4) is 0 Å². The average molecular weight is 387 g/mol. The van der Waals surface area contributed by atoms with Crippen molar-refractivity contribution in [2.24, 2.45) is 0 Å². The first kappa shape index (κ1) is 22.2. The van der Waals surface area contributed by atoms with Crippen LogP contribution in [-0.2, 0) is 9.59 Å². The van der Waals surface area contributed by atoms with Gasteiger partial charge in [-0.25, -0.2) is 0 Å². The quantitative estimate of drug-likeness (QED) is 0.601. The van der Waals surface area contributed by atoms with Gasteiger partial charge in [-0.15, -0.1) is 0 Å². The van der Waals surface area contributed by atoms with E-state index < -0.39 is 0 Å². The van der Waals surface area contributed by atoms with Gasteiger partial charge in [0.1, 0.15) is 0 Å². The van der Waals surface area contributed by atoms with Gasteiger partial charge >= 0.3 is 0 Å². The Balaban J connectivity index is 1.80. The fourth-order valence-electron chi connectivity index (χ4n) is 3.82. The number of aryl methyl sites for hydroxylation is 3. The molecule has 0 bridgehead atoms. The Morgan fingerprint density at radius 2 is 1.82 bits per heavy atom. The Morgan fingerprint density at radius 3 is 2.43 bits per heavy atom. The van der Waals surface area contributed by atoms with Crippen molar-refractivity contribution in [3.8, 4) is 0 Å². The van der Waals surface area contributed by atoms with E-state index in [9.17, 15) is 9.59 Å². The number of quaternary nitrogens is 1. The number of hydrogen-bond acceptors (Lipinski definition) is 2. The van der Waals surface area contributed by atoms with E-state index in [1.807, 2.05) is 27.8 Å². The van der Waals surface area contributed by atoms with Crippen LogP contribution in [0.1, 0.15) is 55.7 Å². The number of hydrogen-bond donors (Lipinski definition) is 3. The third-order valence-corrected chi connectivity index (χ3v) is 5.64. The van der Waals surface area contributed by atoms with Crippen LogP contribution in [0, 0.1) is 20.8 Å². The van der Waals surface area contributed by atoms with Gasteiger partial charge in [0, 0.05) is 12.2 Å². The van der Waals surface area contributed by atoms with Gasteiger partial charge in [-0.1, -0.05) is 29.3 Å². The molecule has 0 heterocycles. The maximum absolute atomic E-state index is 12.5. The molecule has 0 fully saturated rings. The summed E-state index contributed by atoms with van der Waals surface area (Å²) in [5.41, 5.74) is 5.65. The molecule has 1 aromatic carbocycles. The molecule has 3 N–H and O–H groups in total. The molecule has 0 radical (unpaired) electrons. The second-order valence-corrected chi connectivity index (χ2v) is 8.22. The van der Waals surface area contributed by atoms with E-state index in [1.54, 1.807) is 0 Å². The van der Waals surface area contributed by atoms with E-state index >= 15 is 0 Å². The summed E-state index contributed by atoms with van der Waals surface area (Å²) in [4.78, 5) is 25.8. The van der Waals surface area contributed by atoms with E-state index in [0.29, 0.717) is 6.54 Å². The van der Waals surface area contributed by atoms with Crippen LogP contribution in [-0.4, -0.2) is 38.0 Å². The molecule has 0 aliphatic heterocycles. The molecule has 0 saturated carbocycles. The molecule has 1 aliphatic carbocycles. The topological polar surface area (TPSA) is 62.6 Å². The summed E-state index contributed by atoms with van der Waals surface area (Å²) in [7, 11) is 1.89. The molecule has 0 spiro atoms. The van der Waals surface area contributed by atoms with Crippen molar-refractivity contribution >= 4 is 17.5 Å². The van der Waals surface area contributed by atoms with Gasteiger partial charge in [-0.2, -0.15) is 0 Å². The molecule has 0 aromatic heterocycles. The van der Waals surface area contributed by atoms with Crippen molar-refractivity contribution in [3.63, 3.8) is 0 Å². The number of allylic oxidation sites excluding steroid dienone is 1. The Morgan fingerprint density at radius 1 is 1.14 bits per heavy atom. The van der Waals surface area contributed by atoms with Crippen molar-refractivity contribution in [2.75, 3.05) is 25.5 Å². The molecule has 2 rings (SSSR count). The number of rotatable bonds is 8. The highest BCUT2D eigenvalue weighted by Gasteiger charge is 2.24. The maximum atomic E-state index is 12.5. The van der Waals surface area contributed by atoms with E-state index in [-0.39, 0.29) is 24.4 Å². The van der Waals surface area contributed by atoms with Gasteiger partial charge in [0.05, 0.1) is 7.05 Å². The first-order chi connectivity index (χ1) is 13.3. The van der Waals surface area contributed by atoms with Gasteiger partial charge in [-0.3, -0.25) is 9.59 Å². The number of nitrogens with one attached hydrogen (secondary N) is 3. The molecule has 5 nitrogen and oxygen atoms in total. The molecular weight excluding hydrogens is 350 g/mol. The second kappa shape index (κ2) is 10.4. The fourth-order valence-corrected chi connectivity index (χ4v) is 3.82. The van der Waals surface area contributed by atoms with E-state index in [4.69, 9.17) is 0 Å². The first-order valence-electron chi connectivity index (χ1n) is 10.4. The third-order valence-electron chi connectivity index (χ3n) is 5.64. The van der Waals surface area contributed by atoms with Crippen LogP contribution in [0.25, 0.3) is 0 Å². The zero-order valence-corrected chi connectivity index (χ0v) is 18.1. The van der Waals surface area contributed by atoms with Gasteiger partial charge < -0.3 is 15.5 Å². The maximum Gasteiger partial charge on any atom is 0.279 e. The van der Waals surface area contributed by atoms with Crippen LogP contribution in [0.4, 0.5) is 5.69 Å². The molecule has 1 unspecified atom stereocenters. The van der Waals surface area contributed by atoms with Gasteiger partial charge in [-0.05, 0) is 70.9 Å². The van der Waals surface area contributed by atoms with Crippen molar-refractivity contribution in [1.29, 1.82) is 0 Å². The number of anilines is 1. The zero-order chi connectivity index (χ0) is 20.7. The summed E-state index contributed by atoms with van der Waals surface area (Å²) < 4.78 is 0. The molecule has 0 saturated heterocycles. The molecule has 2 amide bonds. The molecule has 154 valence electrons. The van der Waals surface area contributed by atoms with E-state index in [2.05, 4.69) is 35.8 Å². The van der Waals surface area contributed by atoms with E-state index in [1.165, 1.54) is 30.4 Å². The van der Waals surface area contributed by atoms with Crippen LogP contribution in [0.2, 0.25) is 0 Å². The summed E-state index contributed by atoms with van der Waals surface area (Å²) in [5, 5.41) is 6.04. The Hall–Kier alpha value is -2.14. The zero-order valence-electron chi connectivity index (χ0n) is 18.1. The lowest BCUT2D eigenvalue weighted by Crippen LogP contribution is -3.15. The number of carbonyl (C=O) groups excluding carboxylic acids is 2. The molecule has 28 heavy (non-hydrogen) atoms. The average Bonchev–Trinajstić information content (AvgIpc) is 2.64. The molecule has 1 aliphatic rings. The first-order valence-corrected chi connectivity index (χ1v) is 10.4. The summed E-state index contributed by atoms with van der Waals surface area (Å²) in [6.07, 6.45) is 8.12. The van der Waals surface area contributed by atoms with Gasteiger partial charge in [0.2, 0.25) is 0 Å². The standard InChI is InChI=1S/C23H35N3O2/c1-16-13-17(2)22(18(3)14-16)25-21(27)15-26(5)19(4)23(28)24-12-11-20-9-7-6-8-10-20/h9,13-14,19H,6-8,10-12,15H2,1-5H3,(H,24,28)(H,25,27)/p+1/t19-/m0/s1. The largest absolute Gasteiger partial charge is 0.351 e. The normalized spacial score (nSPS) is 16.1. The van der Waals surface area contributed by atoms with Crippen molar-refractivity contribution in [2.45, 2.75) is 65.8 Å². The predicted octanol–water partition coefficient (Wildman–Crippen LogP) is 2.46. The Kier molecular flexibility index (Phi) is 8.24. The lowest BCUT2D eigenvalue weighted by Gasteiger charge is -2.21. The molecule has 2 atom stereocenters. The summed E-state index contributed by atoms with van der Waals surface area (Å²) in [6, 6.07) is 3.86. The second-order valence-electron chi connectivity index (χ2n) is 8.22. The molecule has 1 aromatic rings. The predicted molar refractivity (Wildman–Crippen MR) is 115 cm³/mol. The minimum absolute atomic E-state index is 0.00408. The fraction of sp³-hybridized carbons (Fsp3) is 0.565. The van der Waals surface area contributed by atoms with Crippen LogP contribution in [0.15, 0.2) is 23.8 Å².